The number of hydrogen-bond acceptors (Lipinski definition) is 4. The Labute approximate surface area is 240 Å². The molecule has 0 fully saturated rings. The van der Waals surface area contributed by atoms with Gasteiger partial charge in [-0.25, -0.2) is 5.48 Å². The highest BCUT2D eigenvalue weighted by atomic mass is 16.5. The average molecular weight is 552 g/mol. The van der Waals surface area contributed by atoms with Gasteiger partial charge in [-0.1, -0.05) is 103 Å². The predicted octanol–water partition coefficient (Wildman–Crippen LogP) is 4.76. The van der Waals surface area contributed by atoms with E-state index in [2.05, 4.69) is 41.0 Å². The quantitative estimate of drug-likeness (QED) is 0.134. The van der Waals surface area contributed by atoms with Crippen LogP contribution in [0.5, 0.6) is 0 Å². The molecule has 3 amide bonds. The predicted molar refractivity (Wildman–Crippen MR) is 160 cm³/mol. The first-order chi connectivity index (χ1) is 20.0. The van der Waals surface area contributed by atoms with E-state index in [-0.39, 0.29) is 18.2 Å². The van der Waals surface area contributed by atoms with Crippen molar-refractivity contribution in [2.45, 2.75) is 44.6 Å². The summed E-state index contributed by atoms with van der Waals surface area (Å²) in [7, 11) is 0. The van der Waals surface area contributed by atoms with Crippen LogP contribution in [-0.2, 0) is 33.6 Å². The van der Waals surface area contributed by atoms with Gasteiger partial charge in [0.15, 0.2) is 0 Å². The minimum Gasteiger partial charge on any atom is -0.354 e. The Morgan fingerprint density at radius 1 is 0.683 bits per heavy atom. The SMILES string of the molecule is O=C(C[C@H](CCCc1ccc2ccccc2c1)C(=O)N[C@H](Cc1ccccc1)C(=O)NCCc1ccccc1)NO. The molecule has 2 atom stereocenters. The summed E-state index contributed by atoms with van der Waals surface area (Å²) in [6.07, 6.45) is 2.66. The molecule has 41 heavy (non-hydrogen) atoms. The molecule has 0 aliphatic heterocycles. The van der Waals surface area contributed by atoms with Gasteiger partial charge in [0.1, 0.15) is 6.04 Å². The number of amides is 3. The van der Waals surface area contributed by atoms with Crippen molar-refractivity contribution in [2.75, 3.05) is 6.54 Å². The summed E-state index contributed by atoms with van der Waals surface area (Å²) in [4.78, 5) is 38.8. The number of hydroxylamine groups is 1. The van der Waals surface area contributed by atoms with Gasteiger partial charge in [0.2, 0.25) is 17.7 Å². The Kier molecular flexibility index (Phi) is 11.0. The molecule has 4 aromatic carbocycles. The Bertz CT molecular complexity index is 1430. The van der Waals surface area contributed by atoms with Gasteiger partial charge in [-0.3, -0.25) is 19.6 Å². The lowest BCUT2D eigenvalue weighted by Crippen LogP contribution is -2.50. The molecule has 0 aromatic heterocycles. The highest BCUT2D eigenvalue weighted by Gasteiger charge is 2.27. The second kappa shape index (κ2) is 15.3. The van der Waals surface area contributed by atoms with E-state index < -0.39 is 17.9 Å². The van der Waals surface area contributed by atoms with E-state index in [0.29, 0.717) is 32.2 Å². The zero-order valence-corrected chi connectivity index (χ0v) is 23.1. The molecule has 0 spiro atoms. The van der Waals surface area contributed by atoms with Gasteiger partial charge in [-0.2, -0.15) is 0 Å². The lowest BCUT2D eigenvalue weighted by Gasteiger charge is -2.22. The fraction of sp³-hybridized carbons (Fsp3) is 0.265. The molecule has 0 unspecified atom stereocenters. The minimum atomic E-state index is -0.805. The lowest BCUT2D eigenvalue weighted by molar-refractivity contribution is -0.136. The van der Waals surface area contributed by atoms with Crippen LogP contribution in [0.3, 0.4) is 0 Å². The largest absolute Gasteiger partial charge is 0.354 e. The van der Waals surface area contributed by atoms with Crippen LogP contribution >= 0.6 is 0 Å². The fourth-order valence-electron chi connectivity index (χ4n) is 4.99. The monoisotopic (exact) mass is 551 g/mol. The molecule has 0 aliphatic rings. The fourth-order valence-corrected chi connectivity index (χ4v) is 4.99. The summed E-state index contributed by atoms with van der Waals surface area (Å²) in [5.41, 5.74) is 4.81. The maximum absolute atomic E-state index is 13.5. The van der Waals surface area contributed by atoms with Gasteiger partial charge < -0.3 is 10.6 Å². The van der Waals surface area contributed by atoms with Gasteiger partial charge >= 0.3 is 0 Å². The number of fused-ring (bicyclic) bond motifs is 1. The molecule has 7 heteroatoms. The van der Waals surface area contributed by atoms with Crippen molar-refractivity contribution < 1.29 is 19.6 Å². The van der Waals surface area contributed by atoms with E-state index in [1.807, 2.05) is 72.8 Å². The third-order valence-corrected chi connectivity index (χ3v) is 7.23. The van der Waals surface area contributed by atoms with Crippen molar-refractivity contribution in [3.8, 4) is 0 Å². The number of benzene rings is 4. The topological polar surface area (TPSA) is 108 Å². The molecule has 0 saturated heterocycles. The first-order valence-corrected chi connectivity index (χ1v) is 14.1. The Hall–Kier alpha value is -4.49. The third kappa shape index (κ3) is 9.29. The van der Waals surface area contributed by atoms with Crippen LogP contribution in [0.15, 0.2) is 103 Å². The lowest BCUT2D eigenvalue weighted by atomic mass is 9.94. The zero-order valence-electron chi connectivity index (χ0n) is 23.1. The summed E-state index contributed by atoms with van der Waals surface area (Å²) in [6.45, 7) is 0.437. The van der Waals surface area contributed by atoms with E-state index in [9.17, 15) is 14.4 Å². The van der Waals surface area contributed by atoms with Crippen molar-refractivity contribution in [1.29, 1.82) is 0 Å². The van der Waals surface area contributed by atoms with Crippen LogP contribution in [0.2, 0.25) is 0 Å². The van der Waals surface area contributed by atoms with E-state index in [0.717, 1.165) is 28.5 Å². The number of carbonyl (C=O) groups is 3. The molecule has 0 saturated carbocycles. The summed E-state index contributed by atoms with van der Waals surface area (Å²) in [5, 5.41) is 17.3. The van der Waals surface area contributed by atoms with Crippen LogP contribution in [0.4, 0.5) is 0 Å². The number of rotatable bonds is 14. The number of nitrogens with one attached hydrogen (secondary N) is 3. The van der Waals surface area contributed by atoms with Crippen molar-refractivity contribution in [3.63, 3.8) is 0 Å². The van der Waals surface area contributed by atoms with E-state index in [1.54, 1.807) is 5.48 Å². The summed E-state index contributed by atoms with van der Waals surface area (Å²) >= 11 is 0. The normalized spacial score (nSPS) is 12.3. The molecule has 0 radical (unpaired) electrons. The van der Waals surface area contributed by atoms with E-state index >= 15 is 0 Å². The Morgan fingerprint density at radius 2 is 1.34 bits per heavy atom. The van der Waals surface area contributed by atoms with Crippen LogP contribution in [0.25, 0.3) is 10.8 Å². The number of aryl methyl sites for hydroxylation is 1. The maximum atomic E-state index is 13.5. The van der Waals surface area contributed by atoms with Crippen LogP contribution in [0, 0.1) is 5.92 Å². The van der Waals surface area contributed by atoms with Crippen molar-refractivity contribution in [3.05, 3.63) is 120 Å². The molecule has 4 rings (SSSR count). The highest BCUT2D eigenvalue weighted by molar-refractivity contribution is 5.90. The van der Waals surface area contributed by atoms with Gasteiger partial charge in [0.05, 0.1) is 0 Å². The highest BCUT2D eigenvalue weighted by Crippen LogP contribution is 2.20. The average Bonchev–Trinajstić information content (AvgIpc) is 3.01. The standard InChI is InChI=1S/C34H37N3O4/c38-32(37-41)24-30(17-9-14-27-18-19-28-15-7-8-16-29(28)22-27)33(39)36-31(23-26-12-5-2-6-13-26)34(40)35-21-20-25-10-3-1-4-11-25/h1-8,10-13,15-16,18-19,22,30-31,41H,9,14,17,20-21,23-24H2,(H,35,40)(H,36,39)(H,37,38)/t30-,31+/m0/s1. The van der Waals surface area contributed by atoms with Crippen molar-refractivity contribution in [2.24, 2.45) is 5.92 Å². The molecule has 212 valence electrons. The van der Waals surface area contributed by atoms with E-state index in [1.165, 1.54) is 5.39 Å². The van der Waals surface area contributed by atoms with Crippen LogP contribution in [-0.4, -0.2) is 35.5 Å². The molecule has 4 aromatic rings. The smallest absolute Gasteiger partial charge is 0.244 e. The number of carbonyl (C=O) groups excluding carboxylic acids is 3. The second-order valence-corrected chi connectivity index (χ2v) is 10.3. The van der Waals surface area contributed by atoms with Gasteiger partial charge in [-0.15, -0.1) is 0 Å². The molecule has 7 nitrogen and oxygen atoms in total. The van der Waals surface area contributed by atoms with Gasteiger partial charge in [-0.05, 0) is 53.1 Å². The van der Waals surface area contributed by atoms with E-state index in [4.69, 9.17) is 5.21 Å². The summed E-state index contributed by atoms with van der Waals surface area (Å²) in [5.74, 6) is -1.99. The van der Waals surface area contributed by atoms with Crippen molar-refractivity contribution in [1.82, 2.24) is 16.1 Å². The molecule has 4 N–H and O–H groups in total. The van der Waals surface area contributed by atoms with Gasteiger partial charge in [0, 0.05) is 25.3 Å². The number of hydrogen-bond donors (Lipinski definition) is 4. The molecule has 0 bridgehead atoms. The molecule has 0 aliphatic carbocycles. The minimum absolute atomic E-state index is 0.173. The first-order valence-electron chi connectivity index (χ1n) is 14.1. The molecular weight excluding hydrogens is 514 g/mol. The van der Waals surface area contributed by atoms with Crippen LogP contribution < -0.4 is 16.1 Å². The van der Waals surface area contributed by atoms with Crippen LogP contribution in [0.1, 0.15) is 36.0 Å². The Balaban J connectivity index is 1.40. The second-order valence-electron chi connectivity index (χ2n) is 10.3. The maximum Gasteiger partial charge on any atom is 0.244 e. The van der Waals surface area contributed by atoms with Gasteiger partial charge in [0.25, 0.3) is 0 Å². The zero-order chi connectivity index (χ0) is 28.9. The summed E-state index contributed by atoms with van der Waals surface area (Å²) in [6, 6.07) is 33.0. The summed E-state index contributed by atoms with van der Waals surface area (Å²) < 4.78 is 0. The third-order valence-electron chi connectivity index (χ3n) is 7.23. The Morgan fingerprint density at radius 3 is 2.05 bits per heavy atom. The first kappa shape index (κ1) is 29.5. The molecular formula is C34H37N3O4. The molecule has 0 heterocycles. The van der Waals surface area contributed by atoms with Crippen molar-refractivity contribution >= 4 is 28.5 Å².